The summed E-state index contributed by atoms with van der Waals surface area (Å²) in [4.78, 5) is 11.7. The Hall–Kier alpha value is -2.53. The predicted octanol–water partition coefficient (Wildman–Crippen LogP) is 3.35. The van der Waals surface area contributed by atoms with Crippen molar-refractivity contribution in [3.05, 3.63) is 72.1 Å². The summed E-state index contributed by atoms with van der Waals surface area (Å²) >= 11 is 5.03. The highest BCUT2D eigenvalue weighted by Gasteiger charge is 2.01. The van der Waals surface area contributed by atoms with Crippen molar-refractivity contribution in [2.45, 2.75) is 0 Å². The molecular weight excluding hydrogens is 287 g/mol. The number of carbonyl (C=O) groups is 1. The Morgan fingerprint density at radius 3 is 2.38 bits per heavy atom. The molecule has 0 aliphatic carbocycles. The van der Waals surface area contributed by atoms with Crippen molar-refractivity contribution in [3.8, 4) is 0 Å². The highest BCUT2D eigenvalue weighted by molar-refractivity contribution is 7.80. The molecule has 0 aromatic heterocycles. The molecule has 2 aromatic rings. The number of nitrogens with one attached hydrogen (secondary N) is 2. The highest BCUT2D eigenvalue weighted by atomic mass is 32.1. The third-order valence-electron chi connectivity index (χ3n) is 2.57. The van der Waals surface area contributed by atoms with E-state index < -0.39 is 0 Å². The zero-order chi connectivity index (χ0) is 15.1. The number of hydrogen-bond donors (Lipinski definition) is 2. The van der Waals surface area contributed by atoms with E-state index in [0.717, 1.165) is 11.3 Å². The minimum Gasteiger partial charge on any atom is -0.332 e. The molecule has 2 rings (SSSR count). The van der Waals surface area contributed by atoms with Crippen molar-refractivity contribution in [3.63, 3.8) is 0 Å². The summed E-state index contributed by atoms with van der Waals surface area (Å²) in [6.07, 6.45) is 2.92. The van der Waals surface area contributed by atoms with Gasteiger partial charge in [0.1, 0.15) is 5.82 Å². The van der Waals surface area contributed by atoms with Crippen molar-refractivity contribution < 1.29 is 9.18 Å². The molecule has 3 nitrogen and oxygen atoms in total. The van der Waals surface area contributed by atoms with E-state index in [1.807, 2.05) is 30.3 Å². The summed E-state index contributed by atoms with van der Waals surface area (Å²) in [5, 5.41) is 5.64. The van der Waals surface area contributed by atoms with Crippen LogP contribution in [0.1, 0.15) is 5.56 Å². The fourth-order valence-corrected chi connectivity index (χ4v) is 1.80. The maximum atomic E-state index is 12.7. The molecule has 0 atom stereocenters. The van der Waals surface area contributed by atoms with Crippen LogP contribution in [0.25, 0.3) is 6.08 Å². The minimum absolute atomic E-state index is 0.218. The molecule has 0 unspecified atom stereocenters. The fraction of sp³-hybridized carbons (Fsp3) is 0. The van der Waals surface area contributed by atoms with E-state index in [1.54, 1.807) is 18.2 Å². The molecule has 1 amide bonds. The van der Waals surface area contributed by atoms with Gasteiger partial charge in [0.05, 0.1) is 0 Å². The molecule has 2 aromatic carbocycles. The van der Waals surface area contributed by atoms with E-state index in [4.69, 9.17) is 12.2 Å². The molecular formula is C16H13FN2OS. The Bertz CT molecular complexity index is 654. The Kier molecular flexibility index (Phi) is 5.17. The topological polar surface area (TPSA) is 41.1 Å². The van der Waals surface area contributed by atoms with E-state index in [1.165, 1.54) is 18.2 Å². The molecule has 2 N–H and O–H groups in total. The second kappa shape index (κ2) is 7.31. The third kappa shape index (κ3) is 5.16. The smallest absolute Gasteiger partial charge is 0.250 e. The number of rotatable bonds is 3. The lowest BCUT2D eigenvalue weighted by atomic mass is 10.2. The van der Waals surface area contributed by atoms with E-state index in [0.29, 0.717) is 0 Å². The number of para-hydroxylation sites is 1. The van der Waals surface area contributed by atoms with Crippen LogP contribution in [0.4, 0.5) is 10.1 Å². The number of hydrogen-bond acceptors (Lipinski definition) is 2. The van der Waals surface area contributed by atoms with Gasteiger partial charge in [0.25, 0.3) is 0 Å². The van der Waals surface area contributed by atoms with E-state index in [-0.39, 0.29) is 16.8 Å². The van der Waals surface area contributed by atoms with Gasteiger partial charge in [0.2, 0.25) is 5.91 Å². The average molecular weight is 300 g/mol. The largest absolute Gasteiger partial charge is 0.332 e. The van der Waals surface area contributed by atoms with Crippen molar-refractivity contribution in [1.82, 2.24) is 5.32 Å². The van der Waals surface area contributed by atoms with E-state index >= 15 is 0 Å². The van der Waals surface area contributed by atoms with Gasteiger partial charge in [-0.05, 0) is 48.1 Å². The van der Waals surface area contributed by atoms with Gasteiger partial charge in [-0.1, -0.05) is 30.3 Å². The van der Waals surface area contributed by atoms with Gasteiger partial charge in [0, 0.05) is 11.8 Å². The van der Waals surface area contributed by atoms with Crippen molar-refractivity contribution in [2.75, 3.05) is 5.32 Å². The second-order valence-electron chi connectivity index (χ2n) is 4.19. The molecule has 0 radical (unpaired) electrons. The Balaban J connectivity index is 1.86. The van der Waals surface area contributed by atoms with Crippen LogP contribution >= 0.6 is 12.2 Å². The molecule has 0 aliphatic rings. The van der Waals surface area contributed by atoms with Crippen LogP contribution in [-0.2, 0) is 4.79 Å². The van der Waals surface area contributed by atoms with Crippen LogP contribution in [0.3, 0.4) is 0 Å². The highest BCUT2D eigenvalue weighted by Crippen LogP contribution is 2.05. The second-order valence-corrected chi connectivity index (χ2v) is 4.60. The lowest BCUT2D eigenvalue weighted by Gasteiger charge is -2.07. The molecule has 0 saturated carbocycles. The molecule has 0 heterocycles. The maximum Gasteiger partial charge on any atom is 0.250 e. The summed E-state index contributed by atoms with van der Waals surface area (Å²) in [5.41, 5.74) is 1.53. The third-order valence-corrected chi connectivity index (χ3v) is 2.77. The van der Waals surface area contributed by atoms with Crippen molar-refractivity contribution in [2.24, 2.45) is 0 Å². The molecule has 0 fully saturated rings. The monoisotopic (exact) mass is 300 g/mol. The van der Waals surface area contributed by atoms with Crippen molar-refractivity contribution in [1.29, 1.82) is 0 Å². The van der Waals surface area contributed by atoms with Crippen LogP contribution in [-0.4, -0.2) is 11.0 Å². The number of carbonyl (C=O) groups excluding carboxylic acids is 1. The molecule has 0 saturated heterocycles. The lowest BCUT2D eigenvalue weighted by Crippen LogP contribution is -2.32. The number of halogens is 1. The van der Waals surface area contributed by atoms with Gasteiger partial charge in [0.15, 0.2) is 5.11 Å². The van der Waals surface area contributed by atoms with Gasteiger partial charge in [-0.3, -0.25) is 10.1 Å². The normalized spacial score (nSPS) is 10.3. The maximum absolute atomic E-state index is 12.7. The van der Waals surface area contributed by atoms with E-state index in [9.17, 15) is 9.18 Å². The van der Waals surface area contributed by atoms with Crippen LogP contribution in [0.2, 0.25) is 0 Å². The van der Waals surface area contributed by atoms with Gasteiger partial charge in [-0.15, -0.1) is 0 Å². The quantitative estimate of drug-likeness (QED) is 0.674. The Morgan fingerprint density at radius 1 is 1.05 bits per heavy atom. The van der Waals surface area contributed by atoms with Gasteiger partial charge < -0.3 is 5.32 Å². The standard InChI is InChI=1S/C16H13FN2OS/c17-13-9-6-12(7-10-13)8-11-15(20)19-16(21)18-14-4-2-1-3-5-14/h1-11H,(H2,18,19,20,21)/b11-8+. The lowest BCUT2D eigenvalue weighted by molar-refractivity contribution is -0.115. The van der Waals surface area contributed by atoms with Crippen LogP contribution in [0, 0.1) is 5.82 Å². The molecule has 5 heteroatoms. The number of benzene rings is 2. The first-order valence-corrected chi connectivity index (χ1v) is 6.65. The molecule has 21 heavy (non-hydrogen) atoms. The summed E-state index contributed by atoms with van der Waals surface area (Å²) in [6, 6.07) is 15.1. The summed E-state index contributed by atoms with van der Waals surface area (Å²) in [6.45, 7) is 0. The number of thiocarbonyl (C=S) groups is 1. The number of amides is 1. The first-order valence-electron chi connectivity index (χ1n) is 6.24. The molecule has 0 bridgehead atoms. The Labute approximate surface area is 127 Å². The SMILES string of the molecule is O=C(/C=C/c1ccc(F)cc1)NC(=S)Nc1ccccc1. The van der Waals surface area contributed by atoms with Crippen LogP contribution in [0.15, 0.2) is 60.7 Å². The van der Waals surface area contributed by atoms with E-state index in [2.05, 4.69) is 10.6 Å². The molecule has 106 valence electrons. The van der Waals surface area contributed by atoms with Gasteiger partial charge >= 0.3 is 0 Å². The first-order chi connectivity index (χ1) is 10.1. The number of anilines is 1. The summed E-state index contributed by atoms with van der Waals surface area (Å²) in [5.74, 6) is -0.669. The molecule has 0 spiro atoms. The average Bonchev–Trinajstić information content (AvgIpc) is 2.47. The zero-order valence-corrected chi connectivity index (χ0v) is 11.9. The minimum atomic E-state index is -0.354. The zero-order valence-electron chi connectivity index (χ0n) is 11.0. The first kappa shape index (κ1) is 14.9. The Morgan fingerprint density at radius 2 is 1.71 bits per heavy atom. The van der Waals surface area contributed by atoms with Crippen LogP contribution in [0.5, 0.6) is 0 Å². The van der Waals surface area contributed by atoms with Crippen molar-refractivity contribution >= 4 is 35.0 Å². The summed E-state index contributed by atoms with van der Waals surface area (Å²) < 4.78 is 12.7. The fourth-order valence-electron chi connectivity index (χ4n) is 1.58. The predicted molar refractivity (Wildman–Crippen MR) is 86.2 cm³/mol. The van der Waals surface area contributed by atoms with Gasteiger partial charge in [-0.25, -0.2) is 4.39 Å². The summed E-state index contributed by atoms with van der Waals surface area (Å²) in [7, 11) is 0. The molecule has 0 aliphatic heterocycles. The van der Waals surface area contributed by atoms with Crippen LogP contribution < -0.4 is 10.6 Å². The van der Waals surface area contributed by atoms with Gasteiger partial charge in [-0.2, -0.15) is 0 Å².